The van der Waals surface area contributed by atoms with Crippen molar-refractivity contribution < 1.29 is 22.7 Å². The monoisotopic (exact) mass is 416 g/mol. The molecule has 108 valence electrons. The average Bonchev–Trinajstić information content (AvgIpc) is 2.14. The molecule has 2 atom stereocenters. The molecule has 0 aliphatic carbocycles. The van der Waals surface area contributed by atoms with Gasteiger partial charge in [-0.15, -0.1) is 0 Å². The molecule has 0 fully saturated rings. The minimum Gasteiger partial charge on any atom is -0.469 e. The maximum atomic E-state index is 13.6. The van der Waals surface area contributed by atoms with Crippen molar-refractivity contribution in [1.82, 2.24) is 0 Å². The van der Waals surface area contributed by atoms with Crippen LogP contribution in [0, 0.1) is 5.41 Å². The number of esters is 1. The third-order valence-corrected chi connectivity index (χ3v) is 5.34. The summed E-state index contributed by atoms with van der Waals surface area (Å²) in [5.41, 5.74) is -0.780. The average molecular weight is 418 g/mol. The second kappa shape index (κ2) is 6.31. The SMILES string of the molecule is COC(=O)CC(C)(C)C(Br)CC(F)(Cl)C(F)(F)Br. The van der Waals surface area contributed by atoms with Crippen molar-refractivity contribution in [3.05, 3.63) is 0 Å². The third-order valence-electron chi connectivity index (χ3n) is 2.53. The molecule has 2 nitrogen and oxygen atoms in total. The molecule has 0 N–H and O–H groups in total. The molecule has 0 aromatic rings. The van der Waals surface area contributed by atoms with E-state index in [4.69, 9.17) is 11.6 Å². The predicted molar refractivity (Wildman–Crippen MR) is 71.3 cm³/mol. The van der Waals surface area contributed by atoms with Gasteiger partial charge in [0.1, 0.15) is 0 Å². The topological polar surface area (TPSA) is 26.3 Å². The molecule has 0 bridgehead atoms. The normalized spacial score (nSPS) is 18.1. The Hall–Kier alpha value is 0.510. The smallest absolute Gasteiger partial charge is 0.348 e. The number of methoxy groups -OCH3 is 1. The highest BCUT2D eigenvalue weighted by Gasteiger charge is 2.54. The summed E-state index contributed by atoms with van der Waals surface area (Å²) in [5, 5.41) is -3.24. The lowest BCUT2D eigenvalue weighted by molar-refractivity contribution is -0.143. The van der Waals surface area contributed by atoms with E-state index in [0.717, 1.165) is 0 Å². The molecule has 0 aromatic carbocycles. The lowest BCUT2D eigenvalue weighted by Gasteiger charge is -2.33. The van der Waals surface area contributed by atoms with Crippen LogP contribution in [0.4, 0.5) is 13.2 Å². The van der Waals surface area contributed by atoms with Crippen molar-refractivity contribution >= 4 is 49.4 Å². The predicted octanol–water partition coefficient (Wildman–Crippen LogP) is 4.62. The van der Waals surface area contributed by atoms with Gasteiger partial charge >= 0.3 is 10.8 Å². The van der Waals surface area contributed by atoms with E-state index in [2.05, 4.69) is 20.7 Å². The number of hydrogen-bond acceptors (Lipinski definition) is 2. The fraction of sp³-hybridized carbons (Fsp3) is 0.900. The maximum absolute atomic E-state index is 13.6. The van der Waals surface area contributed by atoms with Gasteiger partial charge in [0.2, 0.25) is 0 Å². The second-order valence-electron chi connectivity index (χ2n) is 4.62. The van der Waals surface area contributed by atoms with E-state index in [1.165, 1.54) is 7.11 Å². The Balaban J connectivity index is 4.75. The first-order valence-corrected chi connectivity index (χ1v) is 7.07. The number of hydrogen-bond donors (Lipinski definition) is 0. The highest BCUT2D eigenvalue weighted by Crippen LogP contribution is 2.48. The van der Waals surface area contributed by atoms with Crippen LogP contribution < -0.4 is 0 Å². The molecule has 0 radical (unpaired) electrons. The summed E-state index contributed by atoms with van der Waals surface area (Å²) >= 11 is 10.2. The molecule has 0 amide bonds. The fourth-order valence-corrected chi connectivity index (χ4v) is 2.28. The lowest BCUT2D eigenvalue weighted by atomic mass is 9.83. The molecule has 0 aromatic heterocycles. The molecular weight excluding hydrogens is 404 g/mol. The van der Waals surface area contributed by atoms with Gasteiger partial charge in [-0.3, -0.25) is 4.79 Å². The summed E-state index contributed by atoms with van der Waals surface area (Å²) < 4.78 is 43.9. The van der Waals surface area contributed by atoms with Crippen LogP contribution in [0.15, 0.2) is 0 Å². The Morgan fingerprint density at radius 3 is 2.17 bits per heavy atom. The number of alkyl halides is 6. The zero-order valence-electron chi connectivity index (χ0n) is 10.1. The zero-order chi connectivity index (χ0) is 14.8. The highest BCUT2D eigenvalue weighted by atomic mass is 79.9. The van der Waals surface area contributed by atoms with E-state index >= 15 is 0 Å². The van der Waals surface area contributed by atoms with Gasteiger partial charge in [0.15, 0.2) is 0 Å². The van der Waals surface area contributed by atoms with Crippen molar-refractivity contribution in [2.75, 3.05) is 7.11 Å². The van der Waals surface area contributed by atoms with Gasteiger partial charge in [-0.25, -0.2) is 4.39 Å². The summed E-state index contributed by atoms with van der Waals surface area (Å²) in [6.07, 6.45) is -0.711. The zero-order valence-corrected chi connectivity index (χ0v) is 14.0. The maximum Gasteiger partial charge on any atom is 0.348 e. The molecule has 0 aliphatic rings. The molecule has 0 rings (SSSR count). The van der Waals surface area contributed by atoms with Crippen molar-refractivity contribution in [2.45, 2.75) is 41.5 Å². The summed E-state index contributed by atoms with van der Waals surface area (Å²) in [7, 11) is 1.22. The third kappa shape index (κ3) is 5.25. The van der Waals surface area contributed by atoms with Gasteiger partial charge in [-0.1, -0.05) is 41.4 Å². The van der Waals surface area contributed by atoms with Gasteiger partial charge in [0.05, 0.1) is 13.5 Å². The lowest BCUT2D eigenvalue weighted by Crippen LogP contribution is -2.40. The van der Waals surface area contributed by atoms with Crippen LogP contribution >= 0.6 is 43.5 Å². The van der Waals surface area contributed by atoms with Crippen molar-refractivity contribution in [2.24, 2.45) is 5.41 Å². The van der Waals surface area contributed by atoms with E-state index in [0.29, 0.717) is 0 Å². The largest absolute Gasteiger partial charge is 0.469 e. The summed E-state index contributed by atoms with van der Waals surface area (Å²) in [6.45, 7) is 3.26. The van der Waals surface area contributed by atoms with Crippen LogP contribution in [-0.4, -0.2) is 27.9 Å². The van der Waals surface area contributed by atoms with Crippen molar-refractivity contribution in [1.29, 1.82) is 0 Å². The Bertz CT molecular complexity index is 306. The molecule has 0 spiro atoms. The van der Waals surface area contributed by atoms with Crippen LogP contribution in [0.1, 0.15) is 26.7 Å². The Morgan fingerprint density at radius 2 is 1.83 bits per heavy atom. The molecule has 8 heteroatoms. The van der Waals surface area contributed by atoms with Crippen LogP contribution in [0.3, 0.4) is 0 Å². The second-order valence-corrected chi connectivity index (χ2v) is 7.32. The van der Waals surface area contributed by atoms with E-state index in [1.54, 1.807) is 13.8 Å². The quantitative estimate of drug-likeness (QED) is 0.465. The molecule has 0 heterocycles. The van der Waals surface area contributed by atoms with Gasteiger partial charge < -0.3 is 4.74 Å². The van der Waals surface area contributed by atoms with Crippen molar-refractivity contribution in [3.63, 3.8) is 0 Å². The minimum absolute atomic E-state index is 0.0414. The van der Waals surface area contributed by atoms with E-state index < -0.39 is 32.6 Å². The van der Waals surface area contributed by atoms with Crippen LogP contribution in [0.5, 0.6) is 0 Å². The minimum atomic E-state index is -3.85. The summed E-state index contributed by atoms with van der Waals surface area (Å²) in [5.74, 6) is -0.505. The first-order valence-electron chi connectivity index (χ1n) is 4.99. The standard InChI is InChI=1S/C10H14Br2ClF3O2/c1-8(2,5-7(17)18-3)6(11)4-9(13,14)10(12,15)16/h6H,4-5H2,1-3H3. The first kappa shape index (κ1) is 18.5. The Kier molecular flexibility index (Phi) is 6.49. The Morgan fingerprint density at radius 1 is 1.39 bits per heavy atom. The molecular formula is C10H14Br2ClF3O2. The van der Waals surface area contributed by atoms with Crippen LogP contribution in [0.25, 0.3) is 0 Å². The fourth-order valence-electron chi connectivity index (χ4n) is 1.17. The van der Waals surface area contributed by atoms with Crippen LogP contribution in [-0.2, 0) is 9.53 Å². The molecule has 0 aliphatic heterocycles. The number of halogens is 6. The van der Waals surface area contributed by atoms with Gasteiger partial charge in [-0.2, -0.15) is 8.78 Å². The van der Waals surface area contributed by atoms with Crippen LogP contribution in [0.2, 0.25) is 0 Å². The van der Waals surface area contributed by atoms with Gasteiger partial charge in [-0.05, 0) is 21.3 Å². The highest BCUT2D eigenvalue weighted by molar-refractivity contribution is 9.10. The number of carbonyl (C=O) groups excluding carboxylic acids is 1. The molecule has 2 unspecified atom stereocenters. The number of carbonyl (C=O) groups is 1. The van der Waals surface area contributed by atoms with Gasteiger partial charge in [0.25, 0.3) is 5.13 Å². The summed E-state index contributed by atoms with van der Waals surface area (Å²) in [4.78, 5) is 6.59. The van der Waals surface area contributed by atoms with Crippen molar-refractivity contribution in [3.8, 4) is 0 Å². The molecule has 0 saturated carbocycles. The van der Waals surface area contributed by atoms with Gasteiger partial charge in [0, 0.05) is 11.2 Å². The van der Waals surface area contributed by atoms with E-state index in [-0.39, 0.29) is 6.42 Å². The first-order chi connectivity index (χ1) is 7.83. The van der Waals surface area contributed by atoms with E-state index in [1.807, 2.05) is 15.9 Å². The number of rotatable bonds is 6. The Labute approximate surface area is 126 Å². The molecule has 0 saturated heterocycles. The molecule has 18 heavy (non-hydrogen) atoms. The summed E-state index contributed by atoms with van der Waals surface area (Å²) in [6, 6.07) is 0. The van der Waals surface area contributed by atoms with E-state index in [9.17, 15) is 18.0 Å². The number of ether oxygens (including phenoxy) is 1.